The second-order valence-corrected chi connectivity index (χ2v) is 6.38. The van der Waals surface area contributed by atoms with Gasteiger partial charge >= 0.3 is 6.03 Å². The molecule has 1 saturated carbocycles. The normalized spacial score (nSPS) is 25.4. The maximum atomic E-state index is 11.9. The average molecular weight is 290 g/mol. The number of rotatable bonds is 4. The molecular weight excluding hydrogens is 264 g/mol. The molecule has 2 rings (SSSR count). The SMILES string of the molecule is Cc1ccccc1CNC(=O)NCC1(C)CCCCC1O. The van der Waals surface area contributed by atoms with E-state index >= 15 is 0 Å². The Morgan fingerprint density at radius 1 is 1.33 bits per heavy atom. The number of nitrogens with one attached hydrogen (secondary N) is 2. The van der Waals surface area contributed by atoms with E-state index in [1.165, 1.54) is 5.56 Å². The topological polar surface area (TPSA) is 61.4 Å². The van der Waals surface area contributed by atoms with Crippen molar-refractivity contribution < 1.29 is 9.90 Å². The molecule has 4 nitrogen and oxygen atoms in total. The molecule has 3 N–H and O–H groups in total. The molecule has 2 unspecified atom stereocenters. The minimum atomic E-state index is -0.317. The molecule has 0 saturated heterocycles. The fourth-order valence-electron chi connectivity index (χ4n) is 2.92. The fourth-order valence-corrected chi connectivity index (χ4v) is 2.92. The Hall–Kier alpha value is -1.55. The van der Waals surface area contributed by atoms with Gasteiger partial charge in [-0.15, -0.1) is 0 Å². The summed E-state index contributed by atoms with van der Waals surface area (Å²) < 4.78 is 0. The molecule has 0 aromatic heterocycles. The quantitative estimate of drug-likeness (QED) is 0.798. The molecule has 21 heavy (non-hydrogen) atoms. The molecule has 2 atom stereocenters. The Morgan fingerprint density at radius 2 is 2.10 bits per heavy atom. The van der Waals surface area contributed by atoms with Crippen molar-refractivity contribution in [3.05, 3.63) is 35.4 Å². The van der Waals surface area contributed by atoms with Crippen molar-refractivity contribution in [2.24, 2.45) is 5.41 Å². The summed E-state index contributed by atoms with van der Waals surface area (Å²) in [6.07, 6.45) is 3.69. The highest BCUT2D eigenvalue weighted by atomic mass is 16.3. The van der Waals surface area contributed by atoms with Crippen LogP contribution in [0.1, 0.15) is 43.7 Å². The third kappa shape index (κ3) is 4.21. The van der Waals surface area contributed by atoms with Gasteiger partial charge in [-0.3, -0.25) is 0 Å². The van der Waals surface area contributed by atoms with E-state index in [1.54, 1.807) is 0 Å². The van der Waals surface area contributed by atoms with Crippen molar-refractivity contribution in [2.45, 2.75) is 52.2 Å². The smallest absolute Gasteiger partial charge is 0.315 e. The minimum Gasteiger partial charge on any atom is -0.392 e. The number of benzene rings is 1. The number of hydrogen-bond donors (Lipinski definition) is 3. The summed E-state index contributed by atoms with van der Waals surface area (Å²) in [7, 11) is 0. The van der Waals surface area contributed by atoms with Gasteiger partial charge in [0.15, 0.2) is 0 Å². The number of urea groups is 1. The molecule has 0 bridgehead atoms. The third-order valence-corrected chi connectivity index (χ3v) is 4.63. The molecule has 1 aromatic rings. The van der Waals surface area contributed by atoms with E-state index in [-0.39, 0.29) is 17.6 Å². The number of carbonyl (C=O) groups excluding carboxylic acids is 1. The van der Waals surface area contributed by atoms with E-state index in [4.69, 9.17) is 0 Å². The van der Waals surface area contributed by atoms with E-state index in [2.05, 4.69) is 17.6 Å². The van der Waals surface area contributed by atoms with Gasteiger partial charge in [0.2, 0.25) is 0 Å². The molecule has 2 amide bonds. The van der Waals surface area contributed by atoms with Crippen molar-refractivity contribution in [1.29, 1.82) is 0 Å². The Balaban J connectivity index is 1.78. The highest BCUT2D eigenvalue weighted by molar-refractivity contribution is 5.73. The van der Waals surface area contributed by atoms with Crippen LogP contribution in [0, 0.1) is 12.3 Å². The number of aryl methyl sites for hydroxylation is 1. The fraction of sp³-hybridized carbons (Fsp3) is 0.588. The first kappa shape index (κ1) is 15.8. The Kier molecular flexibility index (Phi) is 5.23. The van der Waals surface area contributed by atoms with Crippen molar-refractivity contribution in [1.82, 2.24) is 10.6 Å². The lowest BCUT2D eigenvalue weighted by Gasteiger charge is -2.38. The highest BCUT2D eigenvalue weighted by Gasteiger charge is 2.35. The Bertz CT molecular complexity index is 489. The van der Waals surface area contributed by atoms with Crippen molar-refractivity contribution in [3.8, 4) is 0 Å². The summed E-state index contributed by atoms with van der Waals surface area (Å²) in [5, 5.41) is 15.9. The summed E-state index contributed by atoms with van der Waals surface area (Å²) in [6, 6.07) is 7.85. The number of aliphatic hydroxyl groups is 1. The van der Waals surface area contributed by atoms with Gasteiger partial charge in [-0.2, -0.15) is 0 Å². The zero-order chi connectivity index (χ0) is 15.3. The van der Waals surface area contributed by atoms with Crippen LogP contribution in [0.3, 0.4) is 0 Å². The van der Waals surface area contributed by atoms with Gasteiger partial charge in [-0.05, 0) is 30.9 Å². The van der Waals surface area contributed by atoms with Gasteiger partial charge in [-0.1, -0.05) is 44.0 Å². The van der Waals surface area contributed by atoms with Crippen molar-refractivity contribution >= 4 is 6.03 Å². The van der Waals surface area contributed by atoms with Gasteiger partial charge in [-0.25, -0.2) is 4.79 Å². The van der Waals surface area contributed by atoms with Gasteiger partial charge < -0.3 is 15.7 Å². The predicted octanol–water partition coefficient (Wildman–Crippen LogP) is 2.74. The maximum absolute atomic E-state index is 11.9. The van der Waals surface area contributed by atoms with E-state index in [9.17, 15) is 9.90 Å². The van der Waals surface area contributed by atoms with Crippen LogP contribution < -0.4 is 10.6 Å². The van der Waals surface area contributed by atoms with Crippen LogP contribution >= 0.6 is 0 Å². The zero-order valence-electron chi connectivity index (χ0n) is 13.0. The summed E-state index contributed by atoms with van der Waals surface area (Å²) in [4.78, 5) is 11.9. The summed E-state index contributed by atoms with van der Waals surface area (Å²) >= 11 is 0. The third-order valence-electron chi connectivity index (χ3n) is 4.63. The van der Waals surface area contributed by atoms with Gasteiger partial charge in [0.05, 0.1) is 6.10 Å². The molecule has 1 aliphatic carbocycles. The van der Waals surface area contributed by atoms with E-state index in [1.807, 2.05) is 31.2 Å². The van der Waals surface area contributed by atoms with Gasteiger partial charge in [0.25, 0.3) is 0 Å². The van der Waals surface area contributed by atoms with Crippen LogP contribution in [0.15, 0.2) is 24.3 Å². The van der Waals surface area contributed by atoms with E-state index in [0.717, 1.165) is 31.2 Å². The van der Waals surface area contributed by atoms with Crippen LogP contribution in [0.25, 0.3) is 0 Å². The highest BCUT2D eigenvalue weighted by Crippen LogP contribution is 2.35. The summed E-state index contributed by atoms with van der Waals surface area (Å²) in [6.45, 7) is 5.14. The van der Waals surface area contributed by atoms with E-state index in [0.29, 0.717) is 13.1 Å². The Morgan fingerprint density at radius 3 is 2.81 bits per heavy atom. The average Bonchev–Trinajstić information content (AvgIpc) is 2.48. The largest absolute Gasteiger partial charge is 0.392 e. The molecule has 0 radical (unpaired) electrons. The first-order valence-electron chi connectivity index (χ1n) is 7.75. The lowest BCUT2D eigenvalue weighted by atomic mass is 9.73. The molecule has 4 heteroatoms. The minimum absolute atomic E-state index is 0.169. The van der Waals surface area contributed by atoms with Crippen LogP contribution in [0.4, 0.5) is 4.79 Å². The van der Waals surface area contributed by atoms with Crippen LogP contribution in [-0.2, 0) is 6.54 Å². The second-order valence-electron chi connectivity index (χ2n) is 6.38. The molecular formula is C17H26N2O2. The molecule has 0 heterocycles. The van der Waals surface area contributed by atoms with Crippen molar-refractivity contribution in [2.75, 3.05) is 6.54 Å². The standard InChI is InChI=1S/C17H26N2O2/c1-13-7-3-4-8-14(13)11-18-16(21)19-12-17(2)10-6-5-9-15(17)20/h3-4,7-8,15,20H,5-6,9-12H2,1-2H3,(H2,18,19,21). The van der Waals surface area contributed by atoms with E-state index < -0.39 is 0 Å². The molecule has 1 aliphatic rings. The maximum Gasteiger partial charge on any atom is 0.315 e. The van der Waals surface area contributed by atoms with Crippen molar-refractivity contribution in [3.63, 3.8) is 0 Å². The molecule has 0 spiro atoms. The number of aliphatic hydroxyl groups excluding tert-OH is 1. The summed E-state index contributed by atoms with van der Waals surface area (Å²) in [5.41, 5.74) is 2.10. The summed E-state index contributed by atoms with van der Waals surface area (Å²) in [5.74, 6) is 0. The monoisotopic (exact) mass is 290 g/mol. The lowest BCUT2D eigenvalue weighted by molar-refractivity contribution is 0.00309. The van der Waals surface area contributed by atoms with Crippen LogP contribution in [-0.4, -0.2) is 23.8 Å². The molecule has 0 aliphatic heterocycles. The first-order chi connectivity index (χ1) is 10.0. The molecule has 116 valence electrons. The first-order valence-corrected chi connectivity index (χ1v) is 7.75. The number of carbonyl (C=O) groups is 1. The predicted molar refractivity (Wildman–Crippen MR) is 84.0 cm³/mol. The zero-order valence-corrected chi connectivity index (χ0v) is 13.0. The number of hydrogen-bond acceptors (Lipinski definition) is 2. The van der Waals surface area contributed by atoms with Gasteiger partial charge in [0, 0.05) is 18.5 Å². The van der Waals surface area contributed by atoms with Gasteiger partial charge in [0.1, 0.15) is 0 Å². The molecule has 1 fully saturated rings. The second kappa shape index (κ2) is 6.94. The Labute approximate surface area is 126 Å². The lowest BCUT2D eigenvalue weighted by Crippen LogP contribution is -2.47. The van der Waals surface area contributed by atoms with Crippen LogP contribution in [0.2, 0.25) is 0 Å². The molecule has 1 aromatic carbocycles. The number of amides is 2. The van der Waals surface area contributed by atoms with Crippen LogP contribution in [0.5, 0.6) is 0 Å².